The number of nitrogen functional groups attached to an aromatic ring is 1. The Morgan fingerprint density at radius 1 is 1.45 bits per heavy atom. The highest BCUT2D eigenvalue weighted by Crippen LogP contribution is 2.18. The van der Waals surface area contributed by atoms with Gasteiger partial charge >= 0.3 is 5.97 Å². The van der Waals surface area contributed by atoms with E-state index in [0.717, 1.165) is 5.56 Å². The van der Waals surface area contributed by atoms with Gasteiger partial charge in [0.2, 0.25) is 0 Å². The second-order valence-corrected chi connectivity index (χ2v) is 4.27. The Morgan fingerprint density at radius 3 is 2.80 bits per heavy atom. The molecule has 2 aromatic rings. The van der Waals surface area contributed by atoms with E-state index in [0.29, 0.717) is 0 Å². The number of carbonyl (C=O) groups is 1. The monoisotopic (exact) mass is 275 g/mol. The Labute approximate surface area is 116 Å². The lowest BCUT2D eigenvalue weighted by atomic mass is 10.1. The van der Waals surface area contributed by atoms with E-state index in [4.69, 9.17) is 10.5 Å². The van der Waals surface area contributed by atoms with Crippen LogP contribution in [-0.2, 0) is 11.3 Å². The van der Waals surface area contributed by atoms with E-state index < -0.39 is 12.1 Å². The van der Waals surface area contributed by atoms with E-state index in [9.17, 15) is 9.90 Å². The molecule has 0 saturated carbocycles. The number of aliphatic hydroxyl groups is 1. The van der Waals surface area contributed by atoms with Gasteiger partial charge in [-0.15, -0.1) is 0 Å². The molecule has 3 N–H and O–H groups in total. The van der Waals surface area contributed by atoms with Crippen LogP contribution in [0.2, 0.25) is 0 Å². The average Bonchev–Trinajstić information content (AvgIpc) is 2.81. The van der Waals surface area contributed by atoms with Gasteiger partial charge in [0.05, 0.1) is 25.5 Å². The quantitative estimate of drug-likeness (QED) is 0.804. The van der Waals surface area contributed by atoms with E-state index in [-0.39, 0.29) is 24.5 Å². The topological polar surface area (TPSA) is 90.4 Å². The molecule has 0 bridgehead atoms. The fourth-order valence-corrected chi connectivity index (χ4v) is 1.85. The van der Waals surface area contributed by atoms with Gasteiger partial charge in [-0.05, 0) is 12.5 Å². The summed E-state index contributed by atoms with van der Waals surface area (Å²) in [5.41, 5.74) is 6.83. The van der Waals surface area contributed by atoms with Gasteiger partial charge < -0.3 is 15.6 Å². The number of nitrogens with zero attached hydrogens (tertiary/aromatic N) is 2. The average molecular weight is 275 g/mol. The van der Waals surface area contributed by atoms with E-state index >= 15 is 0 Å². The summed E-state index contributed by atoms with van der Waals surface area (Å²) >= 11 is 0. The number of aliphatic hydroxyl groups excluding tert-OH is 1. The molecule has 6 heteroatoms. The van der Waals surface area contributed by atoms with Crippen molar-refractivity contribution in [1.82, 2.24) is 9.78 Å². The number of benzene rings is 1. The SMILES string of the molecule is CCOC(=O)c1cnn(C[C@H](O)c2ccccc2)c1N. The predicted molar refractivity (Wildman–Crippen MR) is 74.0 cm³/mol. The molecule has 1 atom stereocenters. The molecular weight excluding hydrogens is 258 g/mol. The first kappa shape index (κ1) is 14.1. The lowest BCUT2D eigenvalue weighted by Crippen LogP contribution is -2.14. The summed E-state index contributed by atoms with van der Waals surface area (Å²) in [6, 6.07) is 9.19. The number of anilines is 1. The van der Waals surface area contributed by atoms with Crippen LogP contribution in [0.3, 0.4) is 0 Å². The molecule has 0 aliphatic carbocycles. The van der Waals surface area contributed by atoms with Crippen molar-refractivity contribution in [3.05, 3.63) is 47.7 Å². The summed E-state index contributed by atoms with van der Waals surface area (Å²) in [6.45, 7) is 2.17. The fourth-order valence-electron chi connectivity index (χ4n) is 1.85. The van der Waals surface area contributed by atoms with Gasteiger partial charge in [-0.3, -0.25) is 0 Å². The smallest absolute Gasteiger partial charge is 0.343 e. The first-order chi connectivity index (χ1) is 9.63. The Morgan fingerprint density at radius 2 is 2.15 bits per heavy atom. The molecule has 1 aromatic carbocycles. The third kappa shape index (κ3) is 2.97. The van der Waals surface area contributed by atoms with Crippen LogP contribution in [0.25, 0.3) is 0 Å². The van der Waals surface area contributed by atoms with Crippen LogP contribution in [0, 0.1) is 0 Å². The van der Waals surface area contributed by atoms with Crippen LogP contribution in [-0.4, -0.2) is 27.5 Å². The van der Waals surface area contributed by atoms with Crippen molar-refractivity contribution in [2.75, 3.05) is 12.3 Å². The number of rotatable bonds is 5. The molecule has 1 heterocycles. The third-order valence-corrected chi connectivity index (χ3v) is 2.91. The first-order valence-electron chi connectivity index (χ1n) is 6.35. The highest BCUT2D eigenvalue weighted by atomic mass is 16.5. The van der Waals surface area contributed by atoms with Crippen molar-refractivity contribution in [2.24, 2.45) is 0 Å². The third-order valence-electron chi connectivity index (χ3n) is 2.91. The van der Waals surface area contributed by atoms with Crippen LogP contribution in [0.4, 0.5) is 5.82 Å². The lowest BCUT2D eigenvalue weighted by Gasteiger charge is -2.12. The fraction of sp³-hybridized carbons (Fsp3) is 0.286. The number of hydrogen-bond acceptors (Lipinski definition) is 5. The standard InChI is InChI=1S/C14H17N3O3/c1-2-20-14(19)11-8-16-17(13(11)15)9-12(18)10-6-4-3-5-7-10/h3-8,12,18H,2,9,15H2,1H3/t12-/m0/s1. The van der Waals surface area contributed by atoms with Gasteiger partial charge in [-0.1, -0.05) is 30.3 Å². The molecule has 1 aromatic heterocycles. The molecule has 0 saturated heterocycles. The normalized spacial score (nSPS) is 12.1. The Balaban J connectivity index is 2.13. The van der Waals surface area contributed by atoms with Crippen molar-refractivity contribution in [1.29, 1.82) is 0 Å². The maximum absolute atomic E-state index is 11.6. The maximum atomic E-state index is 11.6. The Kier molecular flexibility index (Phi) is 4.37. The molecule has 0 radical (unpaired) electrons. The van der Waals surface area contributed by atoms with Gasteiger partial charge in [0.25, 0.3) is 0 Å². The minimum Gasteiger partial charge on any atom is -0.462 e. The van der Waals surface area contributed by atoms with Crippen LogP contribution >= 0.6 is 0 Å². The number of carbonyl (C=O) groups excluding carboxylic acids is 1. The maximum Gasteiger partial charge on any atom is 0.343 e. The number of esters is 1. The minimum atomic E-state index is -0.742. The molecule has 0 unspecified atom stereocenters. The molecule has 6 nitrogen and oxygen atoms in total. The van der Waals surface area contributed by atoms with Gasteiger partial charge in [-0.25, -0.2) is 9.48 Å². The second kappa shape index (κ2) is 6.21. The van der Waals surface area contributed by atoms with Crippen LogP contribution in [0.1, 0.15) is 28.9 Å². The van der Waals surface area contributed by atoms with Crippen molar-refractivity contribution in [2.45, 2.75) is 19.6 Å². The van der Waals surface area contributed by atoms with Crippen molar-refractivity contribution in [3.8, 4) is 0 Å². The van der Waals surface area contributed by atoms with Crippen molar-refractivity contribution in [3.63, 3.8) is 0 Å². The van der Waals surface area contributed by atoms with E-state index in [1.807, 2.05) is 30.3 Å². The van der Waals surface area contributed by atoms with Gasteiger partial charge in [0.15, 0.2) is 0 Å². The van der Waals surface area contributed by atoms with Gasteiger partial charge in [-0.2, -0.15) is 5.10 Å². The minimum absolute atomic E-state index is 0.176. The zero-order valence-electron chi connectivity index (χ0n) is 11.2. The number of ether oxygens (including phenoxy) is 1. The summed E-state index contributed by atoms with van der Waals surface area (Å²) in [6.07, 6.45) is 0.610. The number of aromatic nitrogens is 2. The number of hydrogen-bond donors (Lipinski definition) is 2. The first-order valence-corrected chi connectivity index (χ1v) is 6.35. The molecule has 0 fully saturated rings. The van der Waals surface area contributed by atoms with Crippen LogP contribution in [0.15, 0.2) is 36.5 Å². The zero-order valence-corrected chi connectivity index (χ0v) is 11.2. The summed E-state index contributed by atoms with van der Waals surface area (Å²) < 4.78 is 6.27. The summed E-state index contributed by atoms with van der Waals surface area (Å²) in [4.78, 5) is 11.6. The summed E-state index contributed by atoms with van der Waals surface area (Å²) in [5.74, 6) is -0.316. The van der Waals surface area contributed by atoms with Crippen LogP contribution in [0.5, 0.6) is 0 Å². The molecule has 0 amide bonds. The molecule has 0 aliphatic rings. The highest BCUT2D eigenvalue weighted by Gasteiger charge is 2.18. The number of nitrogens with two attached hydrogens (primary N) is 1. The van der Waals surface area contributed by atoms with Gasteiger partial charge in [0.1, 0.15) is 11.4 Å². The predicted octanol–water partition coefficient (Wildman–Crippen LogP) is 1.38. The summed E-state index contributed by atoms with van der Waals surface area (Å²) in [7, 11) is 0. The molecular formula is C14H17N3O3. The Hall–Kier alpha value is -2.34. The summed E-state index contributed by atoms with van der Waals surface area (Å²) in [5, 5.41) is 14.1. The van der Waals surface area contributed by atoms with Gasteiger partial charge in [0, 0.05) is 0 Å². The van der Waals surface area contributed by atoms with Crippen molar-refractivity contribution >= 4 is 11.8 Å². The molecule has 106 valence electrons. The molecule has 0 spiro atoms. The van der Waals surface area contributed by atoms with E-state index in [1.165, 1.54) is 10.9 Å². The van der Waals surface area contributed by atoms with E-state index in [1.54, 1.807) is 6.92 Å². The zero-order chi connectivity index (χ0) is 14.5. The highest BCUT2D eigenvalue weighted by molar-refractivity contribution is 5.93. The molecule has 0 aliphatic heterocycles. The Bertz CT molecular complexity index is 581. The largest absolute Gasteiger partial charge is 0.462 e. The van der Waals surface area contributed by atoms with Crippen molar-refractivity contribution < 1.29 is 14.6 Å². The lowest BCUT2D eigenvalue weighted by molar-refractivity contribution is 0.0527. The van der Waals surface area contributed by atoms with E-state index in [2.05, 4.69) is 5.10 Å². The second-order valence-electron chi connectivity index (χ2n) is 4.27. The molecule has 2 rings (SSSR count). The van der Waals surface area contributed by atoms with Crippen LogP contribution < -0.4 is 5.73 Å². The molecule has 20 heavy (non-hydrogen) atoms.